The van der Waals surface area contributed by atoms with Gasteiger partial charge in [-0.1, -0.05) is 6.92 Å². The number of likely N-dealkylation sites (tertiary alicyclic amines) is 1. The van der Waals surface area contributed by atoms with Crippen LogP contribution in [-0.4, -0.2) is 45.5 Å². The second kappa shape index (κ2) is 8.40. The highest BCUT2D eigenvalue weighted by Crippen LogP contribution is 2.35. The minimum Gasteiger partial charge on any atom is -0.460 e. The molecule has 2 aliphatic rings. The van der Waals surface area contributed by atoms with Crippen molar-refractivity contribution in [3.05, 3.63) is 59.1 Å². The van der Waals surface area contributed by atoms with E-state index < -0.39 is 0 Å². The summed E-state index contributed by atoms with van der Waals surface area (Å²) in [5.74, 6) is 2.79. The van der Waals surface area contributed by atoms with Crippen LogP contribution in [0.5, 0.6) is 11.5 Å². The maximum atomic E-state index is 13.2. The van der Waals surface area contributed by atoms with Gasteiger partial charge in [0.15, 0.2) is 5.75 Å². The zero-order valence-electron chi connectivity index (χ0n) is 21.0. The molecular formula is C28H30N4O4. The predicted octanol–water partition coefficient (Wildman–Crippen LogP) is 5.11. The summed E-state index contributed by atoms with van der Waals surface area (Å²) in [5, 5.41) is 8.19. The van der Waals surface area contributed by atoms with Gasteiger partial charge in [-0.3, -0.25) is 9.59 Å². The van der Waals surface area contributed by atoms with Gasteiger partial charge < -0.3 is 19.4 Å². The number of carbonyl (C=O) groups is 2. The molecule has 1 aliphatic carbocycles. The Balaban J connectivity index is 1.29. The molecule has 3 aromatic heterocycles. The second-order valence-electron chi connectivity index (χ2n) is 10.3. The third-order valence-corrected chi connectivity index (χ3v) is 7.72. The third kappa shape index (κ3) is 3.72. The SMILES string of the molecule is Cc1oc2cc(Oc3ccnn4cc(C(=O)N5C[C@H](C)[C@@H]5C)c(C)c34)ccc2c1C(=O)NCC1CC1. The zero-order valence-corrected chi connectivity index (χ0v) is 21.0. The van der Waals surface area contributed by atoms with Gasteiger partial charge in [0, 0.05) is 42.8 Å². The molecule has 0 bridgehead atoms. The second-order valence-corrected chi connectivity index (χ2v) is 10.3. The number of benzene rings is 1. The summed E-state index contributed by atoms with van der Waals surface area (Å²) in [6.07, 6.45) is 5.80. The Kier molecular flexibility index (Phi) is 5.28. The summed E-state index contributed by atoms with van der Waals surface area (Å²) in [7, 11) is 0. The quantitative estimate of drug-likeness (QED) is 0.409. The van der Waals surface area contributed by atoms with Crippen LogP contribution in [0.25, 0.3) is 16.5 Å². The fraction of sp³-hybridized carbons (Fsp3) is 0.393. The monoisotopic (exact) mass is 486 g/mol. The van der Waals surface area contributed by atoms with Gasteiger partial charge >= 0.3 is 0 Å². The van der Waals surface area contributed by atoms with Crippen LogP contribution < -0.4 is 10.1 Å². The van der Waals surface area contributed by atoms with E-state index in [4.69, 9.17) is 9.15 Å². The van der Waals surface area contributed by atoms with Gasteiger partial charge in [0.2, 0.25) is 0 Å². The molecule has 8 nitrogen and oxygen atoms in total. The number of aryl methyl sites for hydroxylation is 2. The van der Waals surface area contributed by atoms with Crippen molar-refractivity contribution < 1.29 is 18.7 Å². The Labute approximate surface area is 209 Å². The van der Waals surface area contributed by atoms with Gasteiger partial charge in [0.25, 0.3) is 11.8 Å². The van der Waals surface area contributed by atoms with Crippen LogP contribution in [0, 0.1) is 25.7 Å². The largest absolute Gasteiger partial charge is 0.460 e. The number of rotatable bonds is 6. The Morgan fingerprint density at radius 1 is 1.19 bits per heavy atom. The molecule has 1 saturated carbocycles. The van der Waals surface area contributed by atoms with Crippen LogP contribution in [0.3, 0.4) is 0 Å². The highest BCUT2D eigenvalue weighted by Gasteiger charge is 2.37. The minimum absolute atomic E-state index is 0.0227. The average Bonchev–Trinajstić information content (AvgIpc) is 3.55. The molecule has 0 radical (unpaired) electrons. The average molecular weight is 487 g/mol. The molecule has 2 atom stereocenters. The molecule has 8 heteroatoms. The van der Waals surface area contributed by atoms with E-state index in [1.807, 2.05) is 24.0 Å². The summed E-state index contributed by atoms with van der Waals surface area (Å²) in [4.78, 5) is 27.8. The molecule has 36 heavy (non-hydrogen) atoms. The summed E-state index contributed by atoms with van der Waals surface area (Å²) < 4.78 is 13.9. The maximum Gasteiger partial charge on any atom is 0.256 e. The van der Waals surface area contributed by atoms with Gasteiger partial charge in [-0.15, -0.1) is 0 Å². The van der Waals surface area contributed by atoms with Crippen molar-refractivity contribution in [2.45, 2.75) is 46.6 Å². The first-order chi connectivity index (χ1) is 17.3. The molecule has 1 aromatic carbocycles. The maximum absolute atomic E-state index is 13.2. The number of nitrogens with zero attached hydrogens (tertiary/aromatic N) is 3. The molecule has 0 spiro atoms. The number of hydrogen-bond acceptors (Lipinski definition) is 5. The molecule has 1 aliphatic heterocycles. The molecule has 4 aromatic rings. The molecule has 1 saturated heterocycles. The smallest absolute Gasteiger partial charge is 0.256 e. The number of aromatic nitrogens is 2. The number of furan rings is 1. The van der Waals surface area contributed by atoms with Crippen molar-refractivity contribution >= 4 is 28.3 Å². The lowest BCUT2D eigenvalue weighted by molar-refractivity contribution is 0.0269. The minimum atomic E-state index is -0.102. The number of nitrogens with one attached hydrogen (secondary N) is 1. The molecule has 2 fully saturated rings. The van der Waals surface area contributed by atoms with Crippen molar-refractivity contribution in [1.82, 2.24) is 19.8 Å². The van der Waals surface area contributed by atoms with E-state index >= 15 is 0 Å². The molecule has 1 N–H and O–H groups in total. The van der Waals surface area contributed by atoms with Crippen LogP contribution in [0.1, 0.15) is 58.7 Å². The van der Waals surface area contributed by atoms with Crippen LogP contribution in [0.15, 0.2) is 41.1 Å². The molecule has 2 amide bonds. The fourth-order valence-electron chi connectivity index (χ4n) is 5.06. The lowest BCUT2D eigenvalue weighted by Gasteiger charge is -2.44. The third-order valence-electron chi connectivity index (χ3n) is 7.72. The predicted molar refractivity (Wildman–Crippen MR) is 136 cm³/mol. The Hall–Kier alpha value is -3.81. The standard InChI is InChI=1S/C28H30N4O4/c1-15-13-31(17(15)3)28(34)22-14-32-26(16(22)2)23(9-10-30-32)36-20-7-8-21-24(11-20)35-18(4)25(21)27(33)29-12-19-5-6-19/h7-11,14-15,17,19H,5-6,12-13H2,1-4H3,(H,29,33)/t15-,17-/m0/s1. The van der Waals surface area contributed by atoms with Crippen LogP contribution >= 0.6 is 0 Å². The van der Waals surface area contributed by atoms with Crippen LogP contribution in [0.2, 0.25) is 0 Å². The number of ether oxygens (including phenoxy) is 1. The number of fused-ring (bicyclic) bond motifs is 2. The summed E-state index contributed by atoms with van der Waals surface area (Å²) in [5.41, 5.74) is 3.38. The highest BCUT2D eigenvalue weighted by atomic mass is 16.5. The first-order valence-corrected chi connectivity index (χ1v) is 12.6. The van der Waals surface area contributed by atoms with Crippen molar-refractivity contribution in [2.75, 3.05) is 13.1 Å². The van der Waals surface area contributed by atoms with E-state index in [0.29, 0.717) is 52.3 Å². The number of amides is 2. The molecule has 4 heterocycles. The molecule has 6 rings (SSSR count). The van der Waals surface area contributed by atoms with Crippen molar-refractivity contribution in [2.24, 2.45) is 11.8 Å². The van der Waals surface area contributed by atoms with Gasteiger partial charge in [-0.25, -0.2) is 4.52 Å². The first-order valence-electron chi connectivity index (χ1n) is 12.6. The molecule has 0 unspecified atom stereocenters. The van der Waals surface area contributed by atoms with Gasteiger partial charge in [-0.05, 0) is 63.1 Å². The van der Waals surface area contributed by atoms with E-state index in [1.54, 1.807) is 36.0 Å². The summed E-state index contributed by atoms with van der Waals surface area (Å²) >= 11 is 0. The zero-order chi connectivity index (χ0) is 25.1. The van der Waals surface area contributed by atoms with E-state index in [1.165, 1.54) is 12.8 Å². The van der Waals surface area contributed by atoms with Crippen LogP contribution in [0.4, 0.5) is 0 Å². The van der Waals surface area contributed by atoms with E-state index in [9.17, 15) is 9.59 Å². The first kappa shape index (κ1) is 22.6. The van der Waals surface area contributed by atoms with Crippen molar-refractivity contribution in [3.8, 4) is 11.5 Å². The van der Waals surface area contributed by atoms with Gasteiger partial charge in [0.1, 0.15) is 22.6 Å². The van der Waals surface area contributed by atoms with E-state index in [0.717, 1.165) is 23.0 Å². The topological polar surface area (TPSA) is 89.1 Å². The van der Waals surface area contributed by atoms with Gasteiger partial charge in [0.05, 0.1) is 17.3 Å². The van der Waals surface area contributed by atoms with Gasteiger partial charge in [-0.2, -0.15) is 5.10 Å². The van der Waals surface area contributed by atoms with Crippen molar-refractivity contribution in [3.63, 3.8) is 0 Å². The Morgan fingerprint density at radius 3 is 2.72 bits per heavy atom. The summed E-state index contributed by atoms with van der Waals surface area (Å²) in [6.45, 7) is 9.45. The normalized spacial score (nSPS) is 19.5. The number of hydrogen-bond donors (Lipinski definition) is 1. The summed E-state index contributed by atoms with van der Waals surface area (Å²) in [6, 6.07) is 7.51. The molecule has 186 valence electrons. The van der Waals surface area contributed by atoms with Crippen LogP contribution in [-0.2, 0) is 0 Å². The van der Waals surface area contributed by atoms with Crippen molar-refractivity contribution in [1.29, 1.82) is 0 Å². The van der Waals surface area contributed by atoms with E-state index in [-0.39, 0.29) is 17.9 Å². The van der Waals surface area contributed by atoms with E-state index in [2.05, 4.69) is 24.3 Å². The molecular weight excluding hydrogens is 456 g/mol. The highest BCUT2D eigenvalue weighted by molar-refractivity contribution is 6.07. The lowest BCUT2D eigenvalue weighted by atomic mass is 9.91. The Morgan fingerprint density at radius 2 is 2.00 bits per heavy atom. The fourth-order valence-corrected chi connectivity index (χ4v) is 5.06. The number of carbonyl (C=O) groups excluding carboxylic acids is 2. The Bertz CT molecular complexity index is 1510. The lowest BCUT2D eigenvalue weighted by Crippen LogP contribution is -2.55.